The van der Waals surface area contributed by atoms with Crippen LogP contribution in [0.15, 0.2) is 16.8 Å². The quantitative estimate of drug-likeness (QED) is 0.635. The second-order valence-electron chi connectivity index (χ2n) is 2.50. The van der Waals surface area contributed by atoms with Gasteiger partial charge in [0.1, 0.15) is 6.29 Å². The molecule has 1 aromatic rings. The lowest BCUT2D eigenvalue weighted by Gasteiger charge is -2.10. The summed E-state index contributed by atoms with van der Waals surface area (Å²) in [4.78, 5) is 12.1. The largest absolute Gasteiger partial charge is 0.302 e. The average Bonchev–Trinajstić information content (AvgIpc) is 2.40. The number of rotatable bonds is 4. The lowest BCUT2D eigenvalue weighted by molar-refractivity contribution is -0.108. The van der Waals surface area contributed by atoms with E-state index in [1.807, 2.05) is 17.3 Å². The number of nitrogens with zero attached hydrogens (tertiary/aromatic N) is 1. The molecule has 3 heteroatoms. The predicted molar refractivity (Wildman–Crippen MR) is 46.7 cm³/mol. The Balaban J connectivity index is 2.37. The molecule has 0 spiro atoms. The summed E-state index contributed by atoms with van der Waals surface area (Å²) in [6, 6.07) is 2.08. The maximum atomic E-state index is 10.1. The maximum absolute atomic E-state index is 10.1. The van der Waals surface area contributed by atoms with Crippen LogP contribution in [0.5, 0.6) is 0 Å². The minimum absolute atomic E-state index is 0.510. The van der Waals surface area contributed by atoms with Crippen LogP contribution in [0.3, 0.4) is 0 Å². The molecule has 0 aliphatic rings. The molecule has 0 aromatic carbocycles. The Labute approximate surface area is 70.5 Å². The van der Waals surface area contributed by atoms with Crippen molar-refractivity contribution in [3.8, 4) is 0 Å². The van der Waals surface area contributed by atoms with Crippen LogP contribution < -0.4 is 0 Å². The first-order valence-corrected chi connectivity index (χ1v) is 4.40. The summed E-state index contributed by atoms with van der Waals surface area (Å²) in [6.45, 7) is 1.37. The third kappa shape index (κ3) is 2.82. The maximum Gasteiger partial charge on any atom is 0.133 e. The first-order chi connectivity index (χ1) is 5.33. The van der Waals surface area contributed by atoms with E-state index >= 15 is 0 Å². The molecule has 0 amide bonds. The van der Waals surface area contributed by atoms with Gasteiger partial charge in [-0.05, 0) is 29.4 Å². The fourth-order valence-electron chi connectivity index (χ4n) is 0.886. The average molecular weight is 169 g/mol. The Hall–Kier alpha value is -0.670. The van der Waals surface area contributed by atoms with Crippen molar-refractivity contribution < 1.29 is 4.79 Å². The summed E-state index contributed by atoms with van der Waals surface area (Å²) < 4.78 is 0. The molecule has 0 saturated heterocycles. The minimum atomic E-state index is 0.510. The number of hydrogen-bond acceptors (Lipinski definition) is 3. The summed E-state index contributed by atoms with van der Waals surface area (Å²) in [6.07, 6.45) is 0.923. The SMILES string of the molecule is CN(CC=O)Cc1ccsc1. The van der Waals surface area contributed by atoms with Crippen molar-refractivity contribution in [2.24, 2.45) is 0 Å². The van der Waals surface area contributed by atoms with E-state index in [4.69, 9.17) is 0 Å². The van der Waals surface area contributed by atoms with Crippen molar-refractivity contribution in [3.63, 3.8) is 0 Å². The number of aldehydes is 1. The number of carbonyl (C=O) groups is 1. The Morgan fingerprint density at radius 2 is 2.55 bits per heavy atom. The summed E-state index contributed by atoms with van der Waals surface area (Å²) in [5, 5.41) is 4.14. The van der Waals surface area contributed by atoms with Gasteiger partial charge >= 0.3 is 0 Å². The first-order valence-electron chi connectivity index (χ1n) is 3.46. The summed E-state index contributed by atoms with van der Waals surface area (Å²) in [5.74, 6) is 0. The number of likely N-dealkylation sites (N-methyl/N-ethyl adjacent to an activating group) is 1. The van der Waals surface area contributed by atoms with Gasteiger partial charge in [-0.2, -0.15) is 11.3 Å². The molecule has 0 saturated carbocycles. The standard InChI is InChI=1S/C8H11NOS/c1-9(3-4-10)6-8-2-5-11-7-8/h2,4-5,7H,3,6H2,1H3. The zero-order chi connectivity index (χ0) is 8.10. The van der Waals surface area contributed by atoms with E-state index in [1.165, 1.54) is 5.56 Å². The molecule has 11 heavy (non-hydrogen) atoms. The lowest BCUT2D eigenvalue weighted by Crippen LogP contribution is -2.19. The van der Waals surface area contributed by atoms with E-state index in [-0.39, 0.29) is 0 Å². The minimum Gasteiger partial charge on any atom is -0.302 e. The third-order valence-electron chi connectivity index (χ3n) is 1.42. The molecule has 0 atom stereocenters. The molecular formula is C8H11NOS. The molecule has 0 N–H and O–H groups in total. The van der Waals surface area contributed by atoms with E-state index < -0.39 is 0 Å². The molecule has 1 aromatic heterocycles. The summed E-state index contributed by atoms with van der Waals surface area (Å²) >= 11 is 1.68. The molecule has 1 heterocycles. The van der Waals surface area contributed by atoms with Gasteiger partial charge in [-0.15, -0.1) is 0 Å². The Morgan fingerprint density at radius 3 is 3.09 bits per heavy atom. The summed E-state index contributed by atoms with van der Waals surface area (Å²) in [7, 11) is 1.94. The molecule has 1 rings (SSSR count). The van der Waals surface area contributed by atoms with E-state index in [9.17, 15) is 4.79 Å². The number of carbonyl (C=O) groups excluding carboxylic acids is 1. The van der Waals surface area contributed by atoms with Gasteiger partial charge in [0.25, 0.3) is 0 Å². The van der Waals surface area contributed by atoms with Gasteiger partial charge in [-0.1, -0.05) is 0 Å². The highest BCUT2D eigenvalue weighted by Crippen LogP contribution is 2.07. The second-order valence-corrected chi connectivity index (χ2v) is 3.28. The fourth-order valence-corrected chi connectivity index (χ4v) is 1.55. The molecule has 0 unspecified atom stereocenters. The van der Waals surface area contributed by atoms with Crippen LogP contribution in [-0.2, 0) is 11.3 Å². The topological polar surface area (TPSA) is 20.3 Å². The van der Waals surface area contributed by atoms with Crippen LogP contribution in [0.4, 0.5) is 0 Å². The molecule has 0 aliphatic carbocycles. The van der Waals surface area contributed by atoms with Crippen molar-refractivity contribution in [1.29, 1.82) is 0 Å². The monoisotopic (exact) mass is 169 g/mol. The zero-order valence-electron chi connectivity index (χ0n) is 6.49. The Kier molecular flexibility index (Phi) is 3.26. The van der Waals surface area contributed by atoms with Gasteiger partial charge in [0.2, 0.25) is 0 Å². The molecule has 0 fully saturated rings. The van der Waals surface area contributed by atoms with Gasteiger partial charge in [-0.3, -0.25) is 4.90 Å². The highest BCUT2D eigenvalue weighted by Gasteiger charge is 1.97. The molecule has 0 bridgehead atoms. The highest BCUT2D eigenvalue weighted by molar-refractivity contribution is 7.07. The predicted octanol–water partition coefficient (Wildman–Crippen LogP) is 1.38. The van der Waals surface area contributed by atoms with Gasteiger partial charge < -0.3 is 4.79 Å². The summed E-state index contributed by atoms with van der Waals surface area (Å²) in [5.41, 5.74) is 1.28. The van der Waals surface area contributed by atoms with E-state index in [0.29, 0.717) is 6.54 Å². The van der Waals surface area contributed by atoms with Crippen molar-refractivity contribution in [3.05, 3.63) is 22.4 Å². The van der Waals surface area contributed by atoms with Crippen molar-refractivity contribution in [2.45, 2.75) is 6.54 Å². The van der Waals surface area contributed by atoms with E-state index in [1.54, 1.807) is 11.3 Å². The fraction of sp³-hybridized carbons (Fsp3) is 0.375. The van der Waals surface area contributed by atoms with Gasteiger partial charge in [0.15, 0.2) is 0 Å². The van der Waals surface area contributed by atoms with Crippen LogP contribution in [0.25, 0.3) is 0 Å². The van der Waals surface area contributed by atoms with Crippen LogP contribution in [-0.4, -0.2) is 24.8 Å². The van der Waals surface area contributed by atoms with Gasteiger partial charge in [-0.25, -0.2) is 0 Å². The van der Waals surface area contributed by atoms with E-state index in [0.717, 1.165) is 12.8 Å². The zero-order valence-corrected chi connectivity index (χ0v) is 7.30. The van der Waals surface area contributed by atoms with Crippen molar-refractivity contribution >= 4 is 17.6 Å². The normalized spacial score (nSPS) is 10.4. The lowest BCUT2D eigenvalue weighted by atomic mass is 10.3. The third-order valence-corrected chi connectivity index (χ3v) is 2.15. The van der Waals surface area contributed by atoms with Gasteiger partial charge in [0, 0.05) is 6.54 Å². The molecule has 60 valence electrons. The van der Waals surface area contributed by atoms with Crippen molar-refractivity contribution in [2.75, 3.05) is 13.6 Å². The van der Waals surface area contributed by atoms with Crippen LogP contribution >= 0.6 is 11.3 Å². The Morgan fingerprint density at radius 1 is 1.73 bits per heavy atom. The molecule has 0 aliphatic heterocycles. The highest BCUT2D eigenvalue weighted by atomic mass is 32.1. The van der Waals surface area contributed by atoms with E-state index in [2.05, 4.69) is 11.4 Å². The molecular weight excluding hydrogens is 158 g/mol. The van der Waals surface area contributed by atoms with Crippen LogP contribution in [0.1, 0.15) is 5.56 Å². The van der Waals surface area contributed by atoms with Crippen LogP contribution in [0.2, 0.25) is 0 Å². The van der Waals surface area contributed by atoms with Gasteiger partial charge in [0.05, 0.1) is 6.54 Å². The van der Waals surface area contributed by atoms with Crippen molar-refractivity contribution in [1.82, 2.24) is 4.90 Å². The smallest absolute Gasteiger partial charge is 0.133 e. The first kappa shape index (κ1) is 8.43. The number of hydrogen-bond donors (Lipinski definition) is 0. The molecule has 2 nitrogen and oxygen atoms in total. The second kappa shape index (κ2) is 4.26. The number of thiophene rings is 1. The Bertz CT molecular complexity index is 208. The molecule has 0 radical (unpaired) electrons. The van der Waals surface area contributed by atoms with Crippen LogP contribution in [0, 0.1) is 0 Å².